The molecule has 152 valence electrons. The number of sulfonamides is 1. The topological polar surface area (TPSA) is 75.7 Å². The molecule has 0 radical (unpaired) electrons. The van der Waals surface area contributed by atoms with Gasteiger partial charge in [-0.25, -0.2) is 8.42 Å². The monoisotopic (exact) mass is 404 g/mol. The lowest BCUT2D eigenvalue weighted by Gasteiger charge is -2.29. The maximum absolute atomic E-state index is 13.4. The van der Waals surface area contributed by atoms with Crippen LogP contribution in [0.4, 0.5) is 5.69 Å². The number of hydrogen-bond donors (Lipinski definition) is 1. The van der Waals surface area contributed by atoms with Crippen molar-refractivity contribution in [1.29, 1.82) is 0 Å². The molecule has 0 aliphatic rings. The van der Waals surface area contributed by atoms with E-state index >= 15 is 0 Å². The Morgan fingerprint density at radius 3 is 2.25 bits per heavy atom. The summed E-state index contributed by atoms with van der Waals surface area (Å²) in [6, 6.07) is 14.9. The highest BCUT2D eigenvalue weighted by Gasteiger charge is 2.30. The normalized spacial score (nSPS) is 11.7. The fourth-order valence-corrected chi connectivity index (χ4v) is 4.05. The molecule has 0 spiro atoms. The molecule has 0 aliphatic carbocycles. The molecule has 0 bridgehead atoms. The van der Waals surface area contributed by atoms with Gasteiger partial charge in [-0.1, -0.05) is 37.3 Å². The van der Waals surface area contributed by atoms with Crippen molar-refractivity contribution in [1.82, 2.24) is 5.32 Å². The predicted molar refractivity (Wildman–Crippen MR) is 111 cm³/mol. The van der Waals surface area contributed by atoms with Crippen LogP contribution in [0.15, 0.2) is 59.5 Å². The molecule has 0 aromatic heterocycles. The lowest BCUT2D eigenvalue weighted by atomic mass is 10.0. The summed E-state index contributed by atoms with van der Waals surface area (Å²) in [6.07, 6.45) is 0.722. The molecule has 0 heterocycles. The average molecular weight is 405 g/mol. The minimum absolute atomic E-state index is 0.115. The Morgan fingerprint density at radius 1 is 1.04 bits per heavy atom. The van der Waals surface area contributed by atoms with Crippen LogP contribution in [0.1, 0.15) is 34.1 Å². The van der Waals surface area contributed by atoms with E-state index in [1.54, 1.807) is 42.5 Å². The zero-order chi connectivity index (χ0) is 20.8. The van der Waals surface area contributed by atoms with Gasteiger partial charge in [-0.3, -0.25) is 9.10 Å². The first-order valence-corrected chi connectivity index (χ1v) is 10.8. The second-order valence-electron chi connectivity index (χ2n) is 7.01. The van der Waals surface area contributed by atoms with Crippen LogP contribution >= 0.6 is 0 Å². The van der Waals surface area contributed by atoms with Crippen molar-refractivity contribution in [3.05, 3.63) is 54.6 Å². The van der Waals surface area contributed by atoms with Crippen LogP contribution in [0.5, 0.6) is 5.75 Å². The van der Waals surface area contributed by atoms with Crippen LogP contribution in [0.3, 0.4) is 0 Å². The summed E-state index contributed by atoms with van der Waals surface area (Å²) in [5, 5.41) is 2.90. The first kappa shape index (κ1) is 21.8. The van der Waals surface area contributed by atoms with Crippen molar-refractivity contribution in [2.24, 2.45) is 0 Å². The highest BCUT2D eigenvalue weighted by Crippen LogP contribution is 2.32. The standard InChI is InChI=1S/C21H28N2O4S/c1-5-21(3,4)22-20(24)16-23(18-14-10-11-15-19(18)27-6-2)28(25,26)17-12-8-7-9-13-17/h7-15H,5-6,16H2,1-4H3,(H,22,24). The first-order chi connectivity index (χ1) is 13.2. The lowest BCUT2D eigenvalue weighted by molar-refractivity contribution is -0.121. The summed E-state index contributed by atoms with van der Waals surface area (Å²) in [5.41, 5.74) is -0.101. The number of nitrogens with zero attached hydrogens (tertiary/aromatic N) is 1. The Hall–Kier alpha value is -2.54. The zero-order valence-corrected chi connectivity index (χ0v) is 17.6. The third-order valence-electron chi connectivity index (χ3n) is 4.41. The number of ether oxygens (including phenoxy) is 1. The highest BCUT2D eigenvalue weighted by molar-refractivity contribution is 7.92. The third-order valence-corrected chi connectivity index (χ3v) is 6.19. The van der Waals surface area contributed by atoms with Gasteiger partial charge in [-0.15, -0.1) is 0 Å². The van der Waals surface area contributed by atoms with Crippen molar-refractivity contribution < 1.29 is 17.9 Å². The van der Waals surface area contributed by atoms with Gasteiger partial charge in [0.1, 0.15) is 12.3 Å². The van der Waals surface area contributed by atoms with Crippen LogP contribution < -0.4 is 14.4 Å². The highest BCUT2D eigenvalue weighted by atomic mass is 32.2. The van der Waals surface area contributed by atoms with Gasteiger partial charge in [0.25, 0.3) is 10.0 Å². The number of carbonyl (C=O) groups excluding carboxylic acids is 1. The Kier molecular flexibility index (Phi) is 7.07. The molecule has 2 aromatic carbocycles. The quantitative estimate of drug-likeness (QED) is 0.693. The largest absolute Gasteiger partial charge is 0.492 e. The molecule has 0 saturated carbocycles. The number of hydrogen-bond acceptors (Lipinski definition) is 4. The molecule has 7 heteroatoms. The molecule has 0 fully saturated rings. The number of rotatable bonds is 9. The Morgan fingerprint density at radius 2 is 1.64 bits per heavy atom. The van der Waals surface area contributed by atoms with Crippen molar-refractivity contribution in [2.45, 2.75) is 44.6 Å². The molecular formula is C21H28N2O4S. The molecule has 1 N–H and O–H groups in total. The van der Waals surface area contributed by atoms with E-state index < -0.39 is 15.6 Å². The van der Waals surface area contributed by atoms with Crippen LogP contribution in [0, 0.1) is 0 Å². The van der Waals surface area contributed by atoms with Crippen LogP contribution in [0.25, 0.3) is 0 Å². The van der Waals surface area contributed by atoms with Gasteiger partial charge < -0.3 is 10.1 Å². The number of carbonyl (C=O) groups is 1. The summed E-state index contributed by atoms with van der Waals surface area (Å²) >= 11 is 0. The Labute approximate surface area is 167 Å². The van der Waals surface area contributed by atoms with Crippen LogP contribution in [0.2, 0.25) is 0 Å². The van der Waals surface area contributed by atoms with Gasteiger partial charge in [0.2, 0.25) is 5.91 Å². The minimum Gasteiger partial charge on any atom is -0.492 e. The van der Waals surface area contributed by atoms with Gasteiger partial charge in [-0.2, -0.15) is 0 Å². The SMILES string of the molecule is CCOc1ccccc1N(CC(=O)NC(C)(C)CC)S(=O)(=O)c1ccccc1. The first-order valence-electron chi connectivity index (χ1n) is 9.32. The molecule has 0 aliphatic heterocycles. The fraction of sp³-hybridized carbons (Fsp3) is 0.381. The zero-order valence-electron chi connectivity index (χ0n) is 16.8. The fourth-order valence-electron chi connectivity index (χ4n) is 2.60. The van der Waals surface area contributed by atoms with Gasteiger partial charge in [0.15, 0.2) is 0 Å². The molecule has 0 unspecified atom stereocenters. The number of benzene rings is 2. The Bertz CT molecular complexity index is 896. The van der Waals surface area contributed by atoms with Gasteiger partial charge >= 0.3 is 0 Å². The predicted octanol–water partition coefficient (Wildman–Crippen LogP) is 3.59. The molecule has 6 nitrogen and oxygen atoms in total. The van der Waals surface area contributed by atoms with E-state index in [2.05, 4.69) is 5.32 Å². The van der Waals surface area contributed by atoms with Crippen LogP contribution in [-0.2, 0) is 14.8 Å². The van der Waals surface area contributed by atoms with E-state index in [4.69, 9.17) is 4.74 Å². The van der Waals surface area contributed by atoms with Crippen LogP contribution in [-0.4, -0.2) is 33.0 Å². The summed E-state index contributed by atoms with van der Waals surface area (Å²) in [4.78, 5) is 12.8. The Balaban J connectivity index is 2.49. The number of anilines is 1. The van der Waals surface area contributed by atoms with E-state index in [0.29, 0.717) is 18.0 Å². The molecule has 2 aromatic rings. The molecular weight excluding hydrogens is 376 g/mol. The van der Waals surface area contributed by atoms with Crippen molar-refractivity contribution in [3.8, 4) is 5.75 Å². The number of nitrogens with one attached hydrogen (secondary N) is 1. The second-order valence-corrected chi connectivity index (χ2v) is 8.87. The van der Waals surface area contributed by atoms with E-state index in [0.717, 1.165) is 10.7 Å². The van der Waals surface area contributed by atoms with Crippen molar-refractivity contribution >= 4 is 21.6 Å². The van der Waals surface area contributed by atoms with E-state index in [9.17, 15) is 13.2 Å². The van der Waals surface area contributed by atoms with E-state index in [1.807, 2.05) is 27.7 Å². The molecule has 0 atom stereocenters. The molecule has 28 heavy (non-hydrogen) atoms. The molecule has 0 saturated heterocycles. The van der Waals surface area contributed by atoms with Crippen molar-refractivity contribution in [2.75, 3.05) is 17.5 Å². The third kappa shape index (κ3) is 5.25. The summed E-state index contributed by atoms with van der Waals surface area (Å²) < 4.78 is 33.4. The summed E-state index contributed by atoms with van der Waals surface area (Å²) in [5.74, 6) is 0.0321. The lowest BCUT2D eigenvalue weighted by Crippen LogP contribution is -2.48. The van der Waals surface area contributed by atoms with Gasteiger partial charge in [0, 0.05) is 5.54 Å². The van der Waals surface area contributed by atoms with Crippen molar-refractivity contribution in [3.63, 3.8) is 0 Å². The average Bonchev–Trinajstić information content (AvgIpc) is 2.67. The van der Waals surface area contributed by atoms with E-state index in [-0.39, 0.29) is 17.3 Å². The number of para-hydroxylation sites is 2. The van der Waals surface area contributed by atoms with Gasteiger partial charge in [0.05, 0.1) is 17.2 Å². The molecule has 1 amide bonds. The maximum atomic E-state index is 13.4. The maximum Gasteiger partial charge on any atom is 0.264 e. The minimum atomic E-state index is -3.96. The van der Waals surface area contributed by atoms with E-state index in [1.165, 1.54) is 12.1 Å². The smallest absolute Gasteiger partial charge is 0.264 e. The second kappa shape index (κ2) is 9.10. The number of amides is 1. The van der Waals surface area contributed by atoms with Gasteiger partial charge in [-0.05, 0) is 51.5 Å². The molecule has 2 rings (SSSR count). The summed E-state index contributed by atoms with van der Waals surface area (Å²) in [7, 11) is -3.96. The summed E-state index contributed by atoms with van der Waals surface area (Å²) in [6.45, 7) is 7.62.